The summed E-state index contributed by atoms with van der Waals surface area (Å²) < 4.78 is 7.12. The SMILES string of the molecule is COc1ccc2cc[n+](CCO)cc2c1.[Br-]. The van der Waals surface area contributed by atoms with Gasteiger partial charge >= 0.3 is 0 Å². The third-order valence-corrected chi connectivity index (χ3v) is 2.40. The normalized spacial score (nSPS) is 9.88. The van der Waals surface area contributed by atoms with Crippen LogP contribution in [-0.4, -0.2) is 18.8 Å². The minimum Gasteiger partial charge on any atom is -1.00 e. The summed E-state index contributed by atoms with van der Waals surface area (Å²) in [5.41, 5.74) is 0. The lowest BCUT2D eigenvalue weighted by molar-refractivity contribution is -0.696. The van der Waals surface area contributed by atoms with E-state index in [0.717, 1.165) is 11.1 Å². The first kappa shape index (κ1) is 12.9. The quantitative estimate of drug-likeness (QED) is 0.670. The number of nitrogens with zero attached hydrogens (tertiary/aromatic N) is 1. The van der Waals surface area contributed by atoms with Crippen molar-refractivity contribution in [1.29, 1.82) is 0 Å². The lowest BCUT2D eigenvalue weighted by Gasteiger charge is -2.01. The second kappa shape index (κ2) is 5.82. The van der Waals surface area contributed by atoms with Crippen LogP contribution >= 0.6 is 0 Å². The Morgan fingerprint density at radius 1 is 1.25 bits per heavy atom. The number of hydrogen-bond donors (Lipinski definition) is 1. The smallest absolute Gasteiger partial charge is 0.176 e. The Kier molecular flexibility index (Phi) is 4.71. The van der Waals surface area contributed by atoms with E-state index < -0.39 is 0 Å². The average Bonchev–Trinajstić information content (AvgIpc) is 2.28. The molecule has 0 fully saturated rings. The largest absolute Gasteiger partial charge is 1.00 e. The van der Waals surface area contributed by atoms with E-state index in [1.807, 2.05) is 41.2 Å². The summed E-state index contributed by atoms with van der Waals surface area (Å²) in [5, 5.41) is 11.1. The molecule has 2 aromatic rings. The molecule has 0 amide bonds. The van der Waals surface area contributed by atoms with Gasteiger partial charge in [0.25, 0.3) is 0 Å². The number of halogens is 1. The van der Waals surface area contributed by atoms with Crippen molar-refractivity contribution < 1.29 is 31.4 Å². The van der Waals surface area contributed by atoms with E-state index in [2.05, 4.69) is 0 Å². The Morgan fingerprint density at radius 3 is 2.75 bits per heavy atom. The summed E-state index contributed by atoms with van der Waals surface area (Å²) in [6.07, 6.45) is 3.97. The van der Waals surface area contributed by atoms with Crippen LogP contribution in [0.4, 0.5) is 0 Å². The molecule has 2 rings (SSSR count). The van der Waals surface area contributed by atoms with Crippen LogP contribution in [0.25, 0.3) is 10.8 Å². The van der Waals surface area contributed by atoms with Crippen LogP contribution in [0.5, 0.6) is 5.75 Å². The zero-order valence-corrected chi connectivity index (χ0v) is 10.6. The number of hydrogen-bond acceptors (Lipinski definition) is 2. The zero-order chi connectivity index (χ0) is 10.7. The minimum absolute atomic E-state index is 0. The second-order valence-corrected chi connectivity index (χ2v) is 3.40. The fraction of sp³-hybridized carbons (Fsp3) is 0.250. The average molecular weight is 284 g/mol. The van der Waals surface area contributed by atoms with Crippen molar-refractivity contribution in [3.05, 3.63) is 36.7 Å². The molecule has 1 heterocycles. The highest BCUT2D eigenvalue weighted by Crippen LogP contribution is 2.18. The van der Waals surface area contributed by atoms with Crippen LogP contribution in [-0.2, 0) is 6.54 Å². The Labute approximate surface area is 105 Å². The first-order chi connectivity index (χ1) is 7.33. The Morgan fingerprint density at radius 2 is 2.06 bits per heavy atom. The van der Waals surface area contributed by atoms with Crippen LogP contribution in [0.1, 0.15) is 0 Å². The molecule has 4 heteroatoms. The van der Waals surface area contributed by atoms with Crippen LogP contribution in [0, 0.1) is 0 Å². The highest BCUT2D eigenvalue weighted by molar-refractivity contribution is 5.82. The Bertz CT molecular complexity index is 474. The van der Waals surface area contributed by atoms with Crippen LogP contribution < -0.4 is 26.3 Å². The molecule has 3 nitrogen and oxygen atoms in total. The van der Waals surface area contributed by atoms with Gasteiger partial charge in [-0.3, -0.25) is 0 Å². The summed E-state index contributed by atoms with van der Waals surface area (Å²) in [4.78, 5) is 0. The molecule has 0 saturated heterocycles. The molecular formula is C12H14BrNO2. The van der Waals surface area contributed by atoms with Gasteiger partial charge in [-0.15, -0.1) is 0 Å². The molecule has 1 aromatic heterocycles. The molecule has 1 N–H and O–H groups in total. The predicted octanol–water partition coefficient (Wildman–Crippen LogP) is -1.87. The number of pyridine rings is 1. The zero-order valence-electron chi connectivity index (χ0n) is 9.06. The van der Waals surface area contributed by atoms with Crippen molar-refractivity contribution in [2.45, 2.75) is 6.54 Å². The molecule has 0 spiro atoms. The summed E-state index contributed by atoms with van der Waals surface area (Å²) in [6, 6.07) is 7.99. The van der Waals surface area contributed by atoms with Crippen molar-refractivity contribution in [2.75, 3.05) is 13.7 Å². The van der Waals surface area contributed by atoms with Crippen molar-refractivity contribution in [3.63, 3.8) is 0 Å². The fourth-order valence-corrected chi connectivity index (χ4v) is 1.60. The molecule has 0 unspecified atom stereocenters. The van der Waals surface area contributed by atoms with E-state index in [-0.39, 0.29) is 23.6 Å². The van der Waals surface area contributed by atoms with Gasteiger partial charge < -0.3 is 26.8 Å². The van der Waals surface area contributed by atoms with Crippen LogP contribution in [0.15, 0.2) is 36.7 Å². The van der Waals surface area contributed by atoms with Crippen molar-refractivity contribution >= 4 is 10.8 Å². The highest BCUT2D eigenvalue weighted by Gasteiger charge is 2.03. The highest BCUT2D eigenvalue weighted by atomic mass is 79.9. The molecule has 0 atom stereocenters. The fourth-order valence-electron chi connectivity index (χ4n) is 1.60. The summed E-state index contributed by atoms with van der Waals surface area (Å²) in [6.45, 7) is 0.771. The molecule has 86 valence electrons. The summed E-state index contributed by atoms with van der Waals surface area (Å²) >= 11 is 0. The van der Waals surface area contributed by atoms with Crippen molar-refractivity contribution in [3.8, 4) is 5.75 Å². The van der Waals surface area contributed by atoms with E-state index in [4.69, 9.17) is 9.84 Å². The first-order valence-electron chi connectivity index (χ1n) is 4.91. The van der Waals surface area contributed by atoms with Crippen LogP contribution in [0.2, 0.25) is 0 Å². The minimum atomic E-state index is 0. The molecule has 0 aliphatic rings. The van der Waals surface area contributed by atoms with Crippen molar-refractivity contribution in [1.82, 2.24) is 0 Å². The standard InChI is InChI=1S/C12H14NO2.BrH/c1-15-12-3-2-10-4-5-13(6-7-14)9-11(10)8-12;/h2-5,8-9,14H,6-7H2,1H3;1H/q+1;/p-1. The van der Waals surface area contributed by atoms with Crippen molar-refractivity contribution in [2.24, 2.45) is 0 Å². The lowest BCUT2D eigenvalue weighted by atomic mass is 10.2. The summed E-state index contributed by atoms with van der Waals surface area (Å²) in [7, 11) is 1.66. The molecule has 0 bridgehead atoms. The number of methoxy groups -OCH3 is 1. The molecular weight excluding hydrogens is 270 g/mol. The van der Waals surface area contributed by atoms with Gasteiger partial charge in [-0.2, -0.15) is 0 Å². The predicted molar refractivity (Wildman–Crippen MR) is 57.8 cm³/mol. The Hall–Kier alpha value is -1.13. The number of ether oxygens (including phenoxy) is 1. The van der Waals surface area contributed by atoms with Gasteiger partial charge in [0, 0.05) is 11.5 Å². The van der Waals surface area contributed by atoms with E-state index in [9.17, 15) is 0 Å². The maximum absolute atomic E-state index is 8.85. The van der Waals surface area contributed by atoms with Gasteiger partial charge in [0.05, 0.1) is 7.11 Å². The van der Waals surface area contributed by atoms with E-state index in [0.29, 0.717) is 6.54 Å². The van der Waals surface area contributed by atoms with E-state index >= 15 is 0 Å². The number of benzene rings is 1. The number of aliphatic hydroxyl groups excluding tert-OH is 1. The number of fused-ring (bicyclic) bond motifs is 1. The van der Waals surface area contributed by atoms with E-state index in [1.54, 1.807) is 7.11 Å². The maximum atomic E-state index is 8.85. The number of aromatic nitrogens is 1. The van der Waals surface area contributed by atoms with Gasteiger partial charge in [-0.25, -0.2) is 4.57 Å². The summed E-state index contributed by atoms with van der Waals surface area (Å²) in [5.74, 6) is 0.851. The van der Waals surface area contributed by atoms with Gasteiger partial charge in [0.1, 0.15) is 12.4 Å². The number of rotatable bonds is 3. The lowest BCUT2D eigenvalue weighted by Crippen LogP contribution is -3.00. The topological polar surface area (TPSA) is 33.3 Å². The molecule has 0 saturated carbocycles. The van der Waals surface area contributed by atoms with Gasteiger partial charge in [0.2, 0.25) is 0 Å². The third kappa shape index (κ3) is 2.71. The maximum Gasteiger partial charge on any atom is 0.176 e. The Balaban J connectivity index is 0.00000128. The van der Waals surface area contributed by atoms with Gasteiger partial charge in [-0.05, 0) is 17.5 Å². The monoisotopic (exact) mass is 283 g/mol. The first-order valence-corrected chi connectivity index (χ1v) is 4.91. The molecule has 16 heavy (non-hydrogen) atoms. The van der Waals surface area contributed by atoms with Gasteiger partial charge in [0.15, 0.2) is 18.9 Å². The van der Waals surface area contributed by atoms with Gasteiger partial charge in [-0.1, -0.05) is 6.07 Å². The number of aliphatic hydroxyl groups is 1. The molecule has 1 aromatic carbocycles. The molecule has 0 aliphatic carbocycles. The third-order valence-electron chi connectivity index (χ3n) is 2.40. The molecule has 0 aliphatic heterocycles. The second-order valence-electron chi connectivity index (χ2n) is 3.40. The van der Waals surface area contributed by atoms with Crippen LogP contribution in [0.3, 0.4) is 0 Å². The van der Waals surface area contributed by atoms with E-state index in [1.165, 1.54) is 5.39 Å². The molecule has 0 radical (unpaired) electrons.